The zero-order chi connectivity index (χ0) is 16.3. The van der Waals surface area contributed by atoms with Gasteiger partial charge in [-0.25, -0.2) is 0 Å². The van der Waals surface area contributed by atoms with Crippen molar-refractivity contribution in [3.8, 4) is 5.75 Å². The van der Waals surface area contributed by atoms with Gasteiger partial charge in [-0.05, 0) is 31.0 Å². The molecule has 0 saturated heterocycles. The molecule has 1 aromatic rings. The molecule has 1 N–H and O–H groups in total. The van der Waals surface area contributed by atoms with Crippen LogP contribution in [0, 0.1) is 5.92 Å². The predicted octanol–water partition coefficient (Wildman–Crippen LogP) is 2.98. The topological polar surface area (TPSA) is 66.8 Å². The van der Waals surface area contributed by atoms with Crippen LogP contribution in [-0.2, 0) is 4.79 Å². The minimum atomic E-state index is -0.954. The van der Waals surface area contributed by atoms with Crippen molar-refractivity contribution in [1.82, 2.24) is 0 Å². The lowest BCUT2D eigenvalue weighted by atomic mass is 10.0. The Kier molecular flexibility index (Phi) is 5.06. The van der Waals surface area contributed by atoms with Crippen LogP contribution in [0.15, 0.2) is 18.2 Å². The van der Waals surface area contributed by atoms with E-state index >= 15 is 0 Å². The summed E-state index contributed by atoms with van der Waals surface area (Å²) in [5.74, 6) is 0.109. The SMILES string of the molecule is CCN1CC(C(C)C)Oc2ccc(C(=O)CCC(=O)O)cc21. The quantitative estimate of drug-likeness (QED) is 0.818. The van der Waals surface area contributed by atoms with Crippen molar-refractivity contribution < 1.29 is 19.4 Å². The van der Waals surface area contributed by atoms with Gasteiger partial charge in [0.05, 0.1) is 18.7 Å². The maximum atomic E-state index is 12.1. The van der Waals surface area contributed by atoms with E-state index in [1.54, 1.807) is 6.07 Å². The number of fused-ring (bicyclic) bond motifs is 1. The third-order valence-electron chi connectivity index (χ3n) is 3.99. The first-order chi connectivity index (χ1) is 10.4. The zero-order valence-electron chi connectivity index (χ0n) is 13.3. The number of carboxylic acid groups (broad SMARTS) is 1. The van der Waals surface area contributed by atoms with Crippen LogP contribution in [-0.4, -0.2) is 36.1 Å². The molecule has 0 radical (unpaired) electrons. The highest BCUT2D eigenvalue weighted by Crippen LogP contribution is 2.35. The number of carbonyl (C=O) groups is 2. The molecular weight excluding hydrogens is 282 g/mol. The summed E-state index contributed by atoms with van der Waals surface area (Å²) in [4.78, 5) is 24.9. The van der Waals surface area contributed by atoms with Crippen molar-refractivity contribution in [3.05, 3.63) is 23.8 Å². The standard InChI is InChI=1S/C17H23NO4/c1-4-18-10-16(11(2)3)22-15-7-5-12(9-13(15)18)14(19)6-8-17(20)21/h5,7,9,11,16H,4,6,8,10H2,1-3H3,(H,20,21). The minimum absolute atomic E-state index is 0.0235. The molecule has 5 nitrogen and oxygen atoms in total. The highest BCUT2D eigenvalue weighted by Gasteiger charge is 2.27. The Labute approximate surface area is 130 Å². The Morgan fingerprint density at radius 2 is 2.09 bits per heavy atom. The van der Waals surface area contributed by atoms with Gasteiger partial charge >= 0.3 is 5.97 Å². The van der Waals surface area contributed by atoms with Gasteiger partial charge in [-0.15, -0.1) is 0 Å². The molecule has 0 bridgehead atoms. The van der Waals surface area contributed by atoms with Crippen molar-refractivity contribution in [2.75, 3.05) is 18.0 Å². The maximum absolute atomic E-state index is 12.1. The molecule has 22 heavy (non-hydrogen) atoms. The Bertz CT molecular complexity index is 568. The van der Waals surface area contributed by atoms with Gasteiger partial charge in [-0.1, -0.05) is 13.8 Å². The van der Waals surface area contributed by atoms with Crippen molar-refractivity contribution in [2.24, 2.45) is 5.92 Å². The fourth-order valence-corrected chi connectivity index (χ4v) is 2.56. The smallest absolute Gasteiger partial charge is 0.303 e. The number of rotatable bonds is 6. The second-order valence-corrected chi connectivity index (χ2v) is 5.94. The fraction of sp³-hybridized carbons (Fsp3) is 0.529. The zero-order valence-corrected chi connectivity index (χ0v) is 13.3. The van der Waals surface area contributed by atoms with Gasteiger partial charge in [0.2, 0.25) is 0 Å². The molecule has 1 heterocycles. The molecule has 1 aliphatic heterocycles. The molecule has 1 atom stereocenters. The maximum Gasteiger partial charge on any atom is 0.303 e. The number of aliphatic carboxylic acids is 1. The molecule has 1 unspecified atom stereocenters. The molecule has 0 aromatic heterocycles. The van der Waals surface area contributed by atoms with E-state index in [2.05, 4.69) is 25.7 Å². The third kappa shape index (κ3) is 3.59. The van der Waals surface area contributed by atoms with Gasteiger partial charge in [0, 0.05) is 18.5 Å². The van der Waals surface area contributed by atoms with Crippen LogP contribution >= 0.6 is 0 Å². The molecule has 1 aromatic carbocycles. The molecule has 0 saturated carbocycles. The number of hydrogen-bond donors (Lipinski definition) is 1. The predicted molar refractivity (Wildman–Crippen MR) is 84.8 cm³/mol. The number of nitrogens with zero attached hydrogens (tertiary/aromatic N) is 1. The Balaban J connectivity index is 2.23. The Hall–Kier alpha value is -2.04. The molecule has 0 fully saturated rings. The fourth-order valence-electron chi connectivity index (χ4n) is 2.56. The van der Waals surface area contributed by atoms with Gasteiger partial charge in [0.15, 0.2) is 5.78 Å². The van der Waals surface area contributed by atoms with Crippen molar-refractivity contribution in [1.29, 1.82) is 0 Å². The number of carboxylic acids is 1. The van der Waals surface area contributed by atoms with E-state index in [4.69, 9.17) is 9.84 Å². The number of Topliss-reactive ketones (excluding diaryl/α,β-unsaturated/α-hetero) is 1. The first kappa shape index (κ1) is 16.3. The molecule has 0 spiro atoms. The normalized spacial score (nSPS) is 17.1. The molecule has 5 heteroatoms. The van der Waals surface area contributed by atoms with Crippen LogP contribution in [0.2, 0.25) is 0 Å². The molecule has 0 aliphatic carbocycles. The van der Waals surface area contributed by atoms with Gasteiger partial charge in [-0.3, -0.25) is 9.59 Å². The number of carbonyl (C=O) groups excluding carboxylic acids is 1. The van der Waals surface area contributed by atoms with E-state index in [9.17, 15) is 9.59 Å². The Morgan fingerprint density at radius 1 is 1.36 bits per heavy atom. The van der Waals surface area contributed by atoms with Gasteiger partial charge in [-0.2, -0.15) is 0 Å². The summed E-state index contributed by atoms with van der Waals surface area (Å²) in [5.41, 5.74) is 1.46. The van der Waals surface area contributed by atoms with Crippen LogP contribution in [0.4, 0.5) is 5.69 Å². The largest absolute Gasteiger partial charge is 0.486 e. The van der Waals surface area contributed by atoms with E-state index in [-0.39, 0.29) is 24.7 Å². The van der Waals surface area contributed by atoms with Crippen LogP contribution in [0.3, 0.4) is 0 Å². The van der Waals surface area contributed by atoms with Crippen molar-refractivity contribution >= 4 is 17.4 Å². The van der Waals surface area contributed by atoms with E-state index in [1.165, 1.54) is 0 Å². The first-order valence-electron chi connectivity index (χ1n) is 7.73. The summed E-state index contributed by atoms with van der Waals surface area (Å²) in [6, 6.07) is 5.36. The number of ketones is 1. The number of anilines is 1. The molecule has 1 aliphatic rings. The average Bonchev–Trinajstić information content (AvgIpc) is 2.50. The lowest BCUT2D eigenvalue weighted by Crippen LogP contribution is -2.42. The van der Waals surface area contributed by atoms with Crippen LogP contribution in [0.5, 0.6) is 5.75 Å². The number of hydrogen-bond acceptors (Lipinski definition) is 4. The third-order valence-corrected chi connectivity index (χ3v) is 3.99. The van der Waals surface area contributed by atoms with E-state index in [0.29, 0.717) is 11.5 Å². The van der Waals surface area contributed by atoms with Gasteiger partial charge in [0.25, 0.3) is 0 Å². The Morgan fingerprint density at radius 3 is 2.68 bits per heavy atom. The second-order valence-electron chi connectivity index (χ2n) is 5.94. The minimum Gasteiger partial charge on any atom is -0.486 e. The van der Waals surface area contributed by atoms with E-state index in [0.717, 1.165) is 24.5 Å². The first-order valence-corrected chi connectivity index (χ1v) is 7.73. The van der Waals surface area contributed by atoms with E-state index < -0.39 is 5.97 Å². The average molecular weight is 305 g/mol. The highest BCUT2D eigenvalue weighted by molar-refractivity contribution is 5.98. The summed E-state index contributed by atoms with van der Waals surface area (Å²) < 4.78 is 6.01. The van der Waals surface area contributed by atoms with Crippen LogP contribution < -0.4 is 9.64 Å². The molecular formula is C17H23NO4. The summed E-state index contributed by atoms with van der Waals surface area (Å²) in [5, 5.41) is 8.68. The van der Waals surface area contributed by atoms with Crippen LogP contribution in [0.1, 0.15) is 44.0 Å². The molecule has 2 rings (SSSR count). The van der Waals surface area contributed by atoms with Gasteiger partial charge < -0.3 is 14.7 Å². The number of benzene rings is 1. The highest BCUT2D eigenvalue weighted by atomic mass is 16.5. The molecule has 0 amide bonds. The molecule has 120 valence electrons. The van der Waals surface area contributed by atoms with Gasteiger partial charge in [0.1, 0.15) is 11.9 Å². The summed E-state index contributed by atoms with van der Waals surface area (Å²) >= 11 is 0. The monoisotopic (exact) mass is 305 g/mol. The van der Waals surface area contributed by atoms with Crippen LogP contribution in [0.25, 0.3) is 0 Å². The lowest BCUT2D eigenvalue weighted by Gasteiger charge is -2.37. The summed E-state index contributed by atoms with van der Waals surface area (Å²) in [7, 11) is 0. The second kappa shape index (κ2) is 6.81. The van der Waals surface area contributed by atoms with Crippen molar-refractivity contribution in [2.45, 2.75) is 39.7 Å². The van der Waals surface area contributed by atoms with Crippen molar-refractivity contribution in [3.63, 3.8) is 0 Å². The van der Waals surface area contributed by atoms with E-state index in [1.807, 2.05) is 12.1 Å². The summed E-state index contributed by atoms with van der Waals surface area (Å²) in [6.07, 6.45) is 0.0238. The lowest BCUT2D eigenvalue weighted by molar-refractivity contribution is -0.136. The number of ether oxygens (including phenoxy) is 1. The summed E-state index contributed by atoms with van der Waals surface area (Å²) in [6.45, 7) is 7.98. The number of likely N-dealkylation sites (N-methyl/N-ethyl adjacent to an activating group) is 1.